The summed E-state index contributed by atoms with van der Waals surface area (Å²) in [6.45, 7) is 2.95. The molecule has 0 bridgehead atoms. The molecule has 3 rings (SSSR count). The molecule has 25 heavy (non-hydrogen) atoms. The Balaban J connectivity index is 1.41. The molecule has 0 aliphatic rings. The van der Waals surface area contributed by atoms with Gasteiger partial charge >= 0.3 is 0 Å². The molecular formula is C20H20FNO3. The van der Waals surface area contributed by atoms with Gasteiger partial charge in [0.15, 0.2) is 5.76 Å². The minimum atomic E-state index is -0.282. The quantitative estimate of drug-likeness (QED) is 0.645. The summed E-state index contributed by atoms with van der Waals surface area (Å²) in [6, 6.07) is 13.5. The molecule has 0 spiro atoms. The van der Waals surface area contributed by atoms with Crippen LogP contribution in [0, 0.1) is 12.7 Å². The largest absolute Gasteiger partial charge is 0.494 e. The summed E-state index contributed by atoms with van der Waals surface area (Å²) in [5.74, 6) is 0.524. The van der Waals surface area contributed by atoms with E-state index in [9.17, 15) is 9.18 Å². The normalized spacial score (nSPS) is 10.8. The second-order valence-corrected chi connectivity index (χ2v) is 5.82. The molecule has 1 amide bonds. The van der Waals surface area contributed by atoms with Crippen LogP contribution in [0.2, 0.25) is 0 Å². The zero-order valence-corrected chi connectivity index (χ0v) is 14.0. The lowest BCUT2D eigenvalue weighted by molar-refractivity contribution is 0.0926. The molecule has 3 aromatic rings. The van der Waals surface area contributed by atoms with Crippen molar-refractivity contribution in [1.82, 2.24) is 5.32 Å². The first-order chi connectivity index (χ1) is 12.1. The molecule has 0 unspecified atom stereocenters. The summed E-state index contributed by atoms with van der Waals surface area (Å²) in [5.41, 5.74) is 1.57. The van der Waals surface area contributed by atoms with Gasteiger partial charge in [-0.05, 0) is 50.1 Å². The number of unbranched alkanes of at least 4 members (excludes halogenated alkanes) is 1. The van der Waals surface area contributed by atoms with Gasteiger partial charge in [0.1, 0.15) is 17.1 Å². The summed E-state index contributed by atoms with van der Waals surface area (Å²) in [5, 5.41) is 3.83. The molecule has 1 heterocycles. The first-order valence-electron chi connectivity index (χ1n) is 8.30. The molecule has 0 aliphatic carbocycles. The van der Waals surface area contributed by atoms with Crippen molar-refractivity contribution in [2.45, 2.75) is 19.8 Å². The van der Waals surface area contributed by atoms with Crippen molar-refractivity contribution in [2.75, 3.05) is 13.2 Å². The number of hydrogen-bond donors (Lipinski definition) is 1. The van der Waals surface area contributed by atoms with Gasteiger partial charge in [-0.2, -0.15) is 0 Å². The second-order valence-electron chi connectivity index (χ2n) is 5.82. The highest BCUT2D eigenvalue weighted by Gasteiger charge is 2.16. The third kappa shape index (κ3) is 4.18. The summed E-state index contributed by atoms with van der Waals surface area (Å²) >= 11 is 0. The molecule has 0 saturated heterocycles. The fourth-order valence-electron chi connectivity index (χ4n) is 2.62. The Kier molecular flexibility index (Phi) is 5.33. The van der Waals surface area contributed by atoms with Crippen LogP contribution in [0.1, 0.15) is 29.0 Å². The minimum absolute atomic E-state index is 0.201. The first-order valence-corrected chi connectivity index (χ1v) is 8.30. The molecule has 0 radical (unpaired) electrons. The van der Waals surface area contributed by atoms with Gasteiger partial charge in [-0.3, -0.25) is 4.79 Å². The summed E-state index contributed by atoms with van der Waals surface area (Å²) in [4.78, 5) is 12.2. The minimum Gasteiger partial charge on any atom is -0.494 e. The Morgan fingerprint density at radius 2 is 1.88 bits per heavy atom. The number of aryl methyl sites for hydroxylation is 1. The summed E-state index contributed by atoms with van der Waals surface area (Å²) in [6.07, 6.45) is 1.57. The summed E-state index contributed by atoms with van der Waals surface area (Å²) in [7, 11) is 0. The predicted octanol–water partition coefficient (Wildman–Crippen LogP) is 4.47. The number of hydrogen-bond acceptors (Lipinski definition) is 3. The van der Waals surface area contributed by atoms with Crippen molar-refractivity contribution in [3.63, 3.8) is 0 Å². The van der Waals surface area contributed by atoms with Crippen LogP contribution in [0.5, 0.6) is 5.75 Å². The number of para-hydroxylation sites is 1. The number of rotatable bonds is 7. The maximum Gasteiger partial charge on any atom is 0.287 e. The van der Waals surface area contributed by atoms with Gasteiger partial charge in [-0.1, -0.05) is 18.2 Å². The highest BCUT2D eigenvalue weighted by atomic mass is 19.1. The number of fused-ring (bicyclic) bond motifs is 1. The molecule has 2 aromatic carbocycles. The standard InChI is InChI=1S/C20H20FNO3/c1-14-17-6-2-3-7-18(17)25-19(14)20(23)22-12-4-5-13-24-16-10-8-15(21)9-11-16/h2-3,6-11H,4-5,12-13H2,1H3,(H,22,23). The van der Waals surface area contributed by atoms with Gasteiger partial charge in [0, 0.05) is 17.5 Å². The first kappa shape index (κ1) is 17.0. The Bertz CT molecular complexity index is 855. The summed E-state index contributed by atoms with van der Waals surface area (Å²) < 4.78 is 23.9. The Morgan fingerprint density at radius 3 is 2.64 bits per heavy atom. The van der Waals surface area contributed by atoms with E-state index in [1.54, 1.807) is 12.1 Å². The topological polar surface area (TPSA) is 51.5 Å². The third-order valence-corrected chi connectivity index (χ3v) is 3.99. The van der Waals surface area contributed by atoms with Gasteiger partial charge in [0.05, 0.1) is 6.61 Å². The number of benzene rings is 2. The van der Waals surface area contributed by atoms with Gasteiger partial charge in [-0.25, -0.2) is 4.39 Å². The predicted molar refractivity (Wildman–Crippen MR) is 94.4 cm³/mol. The molecule has 1 N–H and O–H groups in total. The number of nitrogens with one attached hydrogen (secondary N) is 1. The number of amides is 1. The Hall–Kier alpha value is -2.82. The van der Waals surface area contributed by atoms with Crippen LogP contribution in [0.15, 0.2) is 52.9 Å². The van der Waals surface area contributed by atoms with Gasteiger partial charge < -0.3 is 14.5 Å². The molecule has 0 fully saturated rings. The van der Waals surface area contributed by atoms with Crippen molar-refractivity contribution < 1.29 is 18.3 Å². The third-order valence-electron chi connectivity index (χ3n) is 3.99. The second kappa shape index (κ2) is 7.83. The lowest BCUT2D eigenvalue weighted by Crippen LogP contribution is -2.24. The fraction of sp³-hybridized carbons (Fsp3) is 0.250. The SMILES string of the molecule is Cc1c(C(=O)NCCCCOc2ccc(F)cc2)oc2ccccc12. The number of carbonyl (C=O) groups excluding carboxylic acids is 1. The maximum atomic E-state index is 12.8. The molecule has 4 nitrogen and oxygen atoms in total. The van der Waals surface area contributed by atoms with E-state index < -0.39 is 0 Å². The Labute approximate surface area is 145 Å². The van der Waals surface area contributed by atoms with Gasteiger partial charge in [0.25, 0.3) is 5.91 Å². The monoisotopic (exact) mass is 341 g/mol. The highest BCUT2D eigenvalue weighted by Crippen LogP contribution is 2.24. The molecule has 0 saturated carbocycles. The van der Waals surface area contributed by atoms with E-state index >= 15 is 0 Å². The molecule has 1 aromatic heterocycles. The van der Waals surface area contributed by atoms with Crippen molar-refractivity contribution in [1.29, 1.82) is 0 Å². The number of carbonyl (C=O) groups is 1. The molecule has 5 heteroatoms. The van der Waals surface area contributed by atoms with E-state index in [1.165, 1.54) is 12.1 Å². The van der Waals surface area contributed by atoms with Crippen molar-refractivity contribution in [3.8, 4) is 5.75 Å². The molecule has 0 atom stereocenters. The van der Waals surface area contributed by atoms with Crippen LogP contribution in [0.3, 0.4) is 0 Å². The number of halogens is 1. The van der Waals surface area contributed by atoms with Crippen LogP contribution in [-0.2, 0) is 0 Å². The maximum absolute atomic E-state index is 12.8. The molecular weight excluding hydrogens is 321 g/mol. The van der Waals surface area contributed by atoms with E-state index in [2.05, 4.69) is 5.32 Å². The number of furan rings is 1. The van der Waals surface area contributed by atoms with Crippen LogP contribution in [0.25, 0.3) is 11.0 Å². The Morgan fingerprint density at radius 1 is 1.12 bits per heavy atom. The van der Waals surface area contributed by atoms with E-state index in [0.29, 0.717) is 24.7 Å². The van der Waals surface area contributed by atoms with Crippen molar-refractivity contribution in [3.05, 3.63) is 65.7 Å². The van der Waals surface area contributed by atoms with Crippen molar-refractivity contribution >= 4 is 16.9 Å². The molecule has 0 aliphatic heterocycles. The van der Waals surface area contributed by atoms with Crippen LogP contribution in [0.4, 0.5) is 4.39 Å². The van der Waals surface area contributed by atoms with E-state index in [1.807, 2.05) is 31.2 Å². The van der Waals surface area contributed by atoms with Gasteiger partial charge in [0.2, 0.25) is 0 Å². The highest BCUT2D eigenvalue weighted by molar-refractivity contribution is 5.98. The van der Waals surface area contributed by atoms with E-state index in [4.69, 9.17) is 9.15 Å². The number of ether oxygens (including phenoxy) is 1. The fourth-order valence-corrected chi connectivity index (χ4v) is 2.62. The zero-order valence-electron chi connectivity index (χ0n) is 14.0. The smallest absolute Gasteiger partial charge is 0.287 e. The average molecular weight is 341 g/mol. The van der Waals surface area contributed by atoms with Crippen LogP contribution < -0.4 is 10.1 Å². The van der Waals surface area contributed by atoms with Gasteiger partial charge in [-0.15, -0.1) is 0 Å². The average Bonchev–Trinajstić information content (AvgIpc) is 2.97. The lowest BCUT2D eigenvalue weighted by atomic mass is 10.1. The lowest BCUT2D eigenvalue weighted by Gasteiger charge is -2.06. The van der Waals surface area contributed by atoms with Crippen LogP contribution in [-0.4, -0.2) is 19.1 Å². The zero-order chi connectivity index (χ0) is 17.6. The van der Waals surface area contributed by atoms with Crippen LogP contribution >= 0.6 is 0 Å². The van der Waals surface area contributed by atoms with E-state index in [0.717, 1.165) is 29.4 Å². The van der Waals surface area contributed by atoms with Crippen molar-refractivity contribution in [2.24, 2.45) is 0 Å². The molecule has 130 valence electrons. The van der Waals surface area contributed by atoms with E-state index in [-0.39, 0.29) is 11.7 Å².